The number of nitrogens with one attached hydrogen (secondary N) is 2. The van der Waals surface area contributed by atoms with E-state index in [0.29, 0.717) is 22.7 Å². The number of sulfonamides is 1. The van der Waals surface area contributed by atoms with Gasteiger partial charge in [0, 0.05) is 24.7 Å². The van der Waals surface area contributed by atoms with Crippen LogP contribution in [0.1, 0.15) is 12.5 Å². The molecule has 0 aliphatic heterocycles. The van der Waals surface area contributed by atoms with E-state index in [1.807, 2.05) is 0 Å². The SMILES string of the molecule is COc1cccc(CNS(=O)(=O)c2ccc3cc(NC(C)=O)ccc3c2)c1OC. The molecule has 0 aromatic heterocycles. The first kappa shape index (κ1) is 20.6. The van der Waals surface area contributed by atoms with Crippen LogP contribution in [0.5, 0.6) is 11.5 Å². The van der Waals surface area contributed by atoms with Gasteiger partial charge in [0.25, 0.3) is 0 Å². The molecule has 3 aromatic rings. The molecule has 0 saturated heterocycles. The second kappa shape index (κ2) is 8.50. The van der Waals surface area contributed by atoms with E-state index >= 15 is 0 Å². The Balaban J connectivity index is 1.84. The first-order valence-electron chi connectivity index (χ1n) is 8.85. The molecular formula is C21H22N2O5S. The lowest BCUT2D eigenvalue weighted by Crippen LogP contribution is -2.23. The largest absolute Gasteiger partial charge is 0.493 e. The summed E-state index contributed by atoms with van der Waals surface area (Å²) in [4.78, 5) is 11.3. The molecule has 29 heavy (non-hydrogen) atoms. The van der Waals surface area contributed by atoms with Crippen molar-refractivity contribution in [3.63, 3.8) is 0 Å². The Bertz CT molecular complexity index is 1160. The summed E-state index contributed by atoms with van der Waals surface area (Å²) in [6, 6.07) is 15.4. The minimum atomic E-state index is -3.74. The molecule has 0 radical (unpaired) electrons. The van der Waals surface area contributed by atoms with Crippen molar-refractivity contribution < 1.29 is 22.7 Å². The average Bonchev–Trinajstić information content (AvgIpc) is 2.70. The van der Waals surface area contributed by atoms with E-state index in [1.165, 1.54) is 27.2 Å². The Morgan fingerprint density at radius 3 is 2.38 bits per heavy atom. The number of rotatable bonds is 7. The van der Waals surface area contributed by atoms with E-state index in [2.05, 4.69) is 10.0 Å². The molecule has 0 atom stereocenters. The van der Waals surface area contributed by atoms with Gasteiger partial charge in [-0.15, -0.1) is 0 Å². The maximum atomic E-state index is 12.8. The van der Waals surface area contributed by atoms with Gasteiger partial charge >= 0.3 is 0 Å². The number of ether oxygens (including phenoxy) is 2. The zero-order valence-corrected chi connectivity index (χ0v) is 17.2. The fourth-order valence-electron chi connectivity index (χ4n) is 3.02. The van der Waals surface area contributed by atoms with E-state index in [4.69, 9.17) is 9.47 Å². The Morgan fingerprint density at radius 2 is 1.69 bits per heavy atom. The topological polar surface area (TPSA) is 93.7 Å². The van der Waals surface area contributed by atoms with Crippen molar-refractivity contribution in [1.29, 1.82) is 0 Å². The smallest absolute Gasteiger partial charge is 0.240 e. The molecule has 0 aliphatic carbocycles. The van der Waals surface area contributed by atoms with Crippen LogP contribution in [0.25, 0.3) is 10.8 Å². The maximum Gasteiger partial charge on any atom is 0.240 e. The summed E-state index contributed by atoms with van der Waals surface area (Å²) in [5.74, 6) is 0.854. The predicted octanol–water partition coefficient (Wildman–Crippen LogP) is 3.29. The van der Waals surface area contributed by atoms with Gasteiger partial charge in [0.15, 0.2) is 11.5 Å². The van der Waals surface area contributed by atoms with Gasteiger partial charge < -0.3 is 14.8 Å². The fraction of sp³-hybridized carbons (Fsp3) is 0.190. The van der Waals surface area contributed by atoms with Crippen LogP contribution in [0, 0.1) is 0 Å². The molecule has 1 amide bonds. The molecule has 0 unspecified atom stereocenters. The van der Waals surface area contributed by atoms with Crippen LogP contribution in [-0.2, 0) is 21.4 Å². The second-order valence-electron chi connectivity index (χ2n) is 6.38. The maximum absolute atomic E-state index is 12.8. The van der Waals surface area contributed by atoms with Gasteiger partial charge in [-0.25, -0.2) is 13.1 Å². The summed E-state index contributed by atoms with van der Waals surface area (Å²) in [7, 11) is -0.705. The van der Waals surface area contributed by atoms with Crippen molar-refractivity contribution in [1.82, 2.24) is 4.72 Å². The monoisotopic (exact) mass is 414 g/mol. The summed E-state index contributed by atoms with van der Waals surface area (Å²) < 4.78 is 38.7. The molecule has 0 fully saturated rings. The number of hydrogen-bond donors (Lipinski definition) is 2. The van der Waals surface area contributed by atoms with Crippen molar-refractivity contribution >= 4 is 32.4 Å². The third kappa shape index (κ3) is 4.67. The molecule has 0 heterocycles. The predicted molar refractivity (Wildman–Crippen MR) is 112 cm³/mol. The van der Waals surface area contributed by atoms with Crippen molar-refractivity contribution in [2.45, 2.75) is 18.4 Å². The third-order valence-corrected chi connectivity index (χ3v) is 5.78. The summed E-state index contributed by atoms with van der Waals surface area (Å²) in [5, 5.41) is 4.28. The first-order chi connectivity index (χ1) is 13.8. The van der Waals surface area contributed by atoms with Crippen LogP contribution < -0.4 is 19.5 Å². The molecular weight excluding hydrogens is 392 g/mol. The Labute approximate surface area is 169 Å². The highest BCUT2D eigenvalue weighted by Gasteiger charge is 2.17. The molecule has 3 aromatic carbocycles. The number of amides is 1. The van der Waals surface area contributed by atoms with Crippen LogP contribution in [0.15, 0.2) is 59.5 Å². The number of benzene rings is 3. The van der Waals surface area contributed by atoms with Gasteiger partial charge in [-0.3, -0.25) is 4.79 Å². The van der Waals surface area contributed by atoms with Crippen molar-refractivity contribution in [3.05, 3.63) is 60.2 Å². The fourth-order valence-corrected chi connectivity index (χ4v) is 4.06. The summed E-state index contributed by atoms with van der Waals surface area (Å²) in [6.07, 6.45) is 0. The number of methoxy groups -OCH3 is 2. The van der Waals surface area contributed by atoms with E-state index in [9.17, 15) is 13.2 Å². The molecule has 3 rings (SSSR count). The molecule has 0 aliphatic rings. The first-order valence-corrected chi connectivity index (χ1v) is 10.3. The number of fused-ring (bicyclic) bond motifs is 1. The summed E-state index contributed by atoms with van der Waals surface area (Å²) in [6.45, 7) is 1.49. The molecule has 7 nitrogen and oxygen atoms in total. The highest BCUT2D eigenvalue weighted by Crippen LogP contribution is 2.31. The molecule has 8 heteroatoms. The van der Waals surface area contributed by atoms with E-state index in [0.717, 1.165) is 10.8 Å². The highest BCUT2D eigenvalue weighted by molar-refractivity contribution is 7.89. The normalized spacial score (nSPS) is 11.3. The summed E-state index contributed by atoms with van der Waals surface area (Å²) >= 11 is 0. The lowest BCUT2D eigenvalue weighted by atomic mass is 10.1. The minimum absolute atomic E-state index is 0.0578. The standard InChI is InChI=1S/C21H22N2O5S/c1-14(24)23-18-9-7-16-12-19(10-8-15(16)11-18)29(25,26)22-13-17-5-4-6-20(27-2)21(17)28-3/h4-12,22H,13H2,1-3H3,(H,23,24). The lowest BCUT2D eigenvalue weighted by molar-refractivity contribution is -0.114. The van der Waals surface area contributed by atoms with E-state index in [1.54, 1.807) is 48.5 Å². The molecule has 152 valence electrons. The summed E-state index contributed by atoms with van der Waals surface area (Å²) in [5.41, 5.74) is 1.32. The van der Waals surface area contributed by atoms with E-state index in [-0.39, 0.29) is 17.3 Å². The zero-order valence-electron chi connectivity index (χ0n) is 16.4. The number of carbonyl (C=O) groups excluding carboxylic acids is 1. The second-order valence-corrected chi connectivity index (χ2v) is 8.15. The zero-order chi connectivity index (χ0) is 21.0. The van der Waals surface area contributed by atoms with Crippen LogP contribution in [0.4, 0.5) is 5.69 Å². The van der Waals surface area contributed by atoms with E-state index < -0.39 is 10.0 Å². The van der Waals surface area contributed by atoms with Gasteiger partial charge in [-0.05, 0) is 41.1 Å². The van der Waals surface area contributed by atoms with Crippen molar-refractivity contribution in [2.75, 3.05) is 19.5 Å². The molecule has 2 N–H and O–H groups in total. The van der Waals surface area contributed by atoms with Crippen LogP contribution in [-0.4, -0.2) is 28.5 Å². The van der Waals surface area contributed by atoms with Crippen LogP contribution in [0.2, 0.25) is 0 Å². The molecule has 0 bridgehead atoms. The average molecular weight is 414 g/mol. The number of carbonyl (C=O) groups is 1. The number of hydrogen-bond acceptors (Lipinski definition) is 5. The Morgan fingerprint density at radius 1 is 0.966 bits per heavy atom. The quantitative estimate of drug-likeness (QED) is 0.619. The van der Waals surface area contributed by atoms with Crippen molar-refractivity contribution in [2.24, 2.45) is 0 Å². The van der Waals surface area contributed by atoms with Gasteiger partial charge in [0.05, 0.1) is 19.1 Å². The molecule has 0 spiro atoms. The Hall–Kier alpha value is -3.10. The third-order valence-electron chi connectivity index (χ3n) is 4.38. The van der Waals surface area contributed by atoms with Gasteiger partial charge in [0.1, 0.15) is 0 Å². The van der Waals surface area contributed by atoms with Gasteiger partial charge in [-0.1, -0.05) is 24.3 Å². The molecule has 0 saturated carbocycles. The van der Waals surface area contributed by atoms with Crippen LogP contribution >= 0.6 is 0 Å². The van der Waals surface area contributed by atoms with Gasteiger partial charge in [-0.2, -0.15) is 0 Å². The minimum Gasteiger partial charge on any atom is -0.493 e. The lowest BCUT2D eigenvalue weighted by Gasteiger charge is -2.13. The highest BCUT2D eigenvalue weighted by atomic mass is 32.2. The number of para-hydroxylation sites is 1. The number of anilines is 1. The van der Waals surface area contributed by atoms with Crippen molar-refractivity contribution in [3.8, 4) is 11.5 Å². The van der Waals surface area contributed by atoms with Crippen LogP contribution in [0.3, 0.4) is 0 Å². The Kier molecular flexibility index (Phi) is 6.05. The van der Waals surface area contributed by atoms with Gasteiger partial charge in [0.2, 0.25) is 15.9 Å².